The summed E-state index contributed by atoms with van der Waals surface area (Å²) in [5.74, 6) is 0.920. The average Bonchev–Trinajstić information content (AvgIpc) is 2.44. The molecule has 2 aromatic carbocycles. The summed E-state index contributed by atoms with van der Waals surface area (Å²) < 4.78 is 5.88. The van der Waals surface area contributed by atoms with Gasteiger partial charge in [0.25, 0.3) is 0 Å². The highest BCUT2D eigenvalue weighted by Crippen LogP contribution is 2.20. The van der Waals surface area contributed by atoms with E-state index in [-0.39, 0.29) is 0 Å². The standard InChI is InChI=1S/C16H18ClNO/c1-2-18-11-14-7-3-4-9-16(14)19-12-13-6-5-8-15(17)10-13/h3-10,18H,2,11-12H2,1H3. The van der Waals surface area contributed by atoms with Crippen LogP contribution in [0.15, 0.2) is 48.5 Å². The monoisotopic (exact) mass is 275 g/mol. The molecule has 100 valence electrons. The van der Waals surface area contributed by atoms with Crippen molar-refractivity contribution in [1.82, 2.24) is 5.32 Å². The third-order valence-electron chi connectivity index (χ3n) is 2.82. The molecule has 0 aliphatic heterocycles. The minimum atomic E-state index is 0.531. The molecule has 0 aliphatic rings. The molecule has 3 heteroatoms. The fourth-order valence-corrected chi connectivity index (χ4v) is 2.05. The predicted octanol–water partition coefficient (Wildman–Crippen LogP) is 4.03. The van der Waals surface area contributed by atoms with Crippen LogP contribution in [-0.2, 0) is 13.2 Å². The largest absolute Gasteiger partial charge is 0.489 e. The van der Waals surface area contributed by atoms with Crippen LogP contribution in [0.2, 0.25) is 5.02 Å². The first-order valence-electron chi connectivity index (χ1n) is 6.45. The number of para-hydroxylation sites is 1. The quantitative estimate of drug-likeness (QED) is 0.859. The van der Waals surface area contributed by atoms with Crippen molar-refractivity contribution in [2.24, 2.45) is 0 Å². The molecule has 0 fully saturated rings. The molecular weight excluding hydrogens is 258 g/mol. The lowest BCUT2D eigenvalue weighted by Gasteiger charge is -2.12. The second-order valence-electron chi connectivity index (χ2n) is 4.31. The Kier molecular flexibility index (Phi) is 5.25. The van der Waals surface area contributed by atoms with E-state index < -0.39 is 0 Å². The number of benzene rings is 2. The Labute approximate surface area is 119 Å². The van der Waals surface area contributed by atoms with Crippen molar-refractivity contribution in [3.63, 3.8) is 0 Å². The molecule has 0 aromatic heterocycles. The van der Waals surface area contributed by atoms with Gasteiger partial charge in [-0.05, 0) is 30.3 Å². The first-order valence-corrected chi connectivity index (χ1v) is 6.83. The lowest BCUT2D eigenvalue weighted by molar-refractivity contribution is 0.302. The van der Waals surface area contributed by atoms with Gasteiger partial charge in [0.05, 0.1) is 0 Å². The topological polar surface area (TPSA) is 21.3 Å². The fraction of sp³-hybridized carbons (Fsp3) is 0.250. The summed E-state index contributed by atoms with van der Waals surface area (Å²) in [6.45, 7) is 4.39. The van der Waals surface area contributed by atoms with Gasteiger partial charge < -0.3 is 10.1 Å². The summed E-state index contributed by atoms with van der Waals surface area (Å²) in [5.41, 5.74) is 2.25. The smallest absolute Gasteiger partial charge is 0.124 e. The Morgan fingerprint density at radius 2 is 1.95 bits per heavy atom. The van der Waals surface area contributed by atoms with Crippen LogP contribution in [0.1, 0.15) is 18.1 Å². The molecule has 0 saturated carbocycles. The molecule has 1 N–H and O–H groups in total. The van der Waals surface area contributed by atoms with Gasteiger partial charge in [0.15, 0.2) is 0 Å². The molecule has 0 aliphatic carbocycles. The second-order valence-corrected chi connectivity index (χ2v) is 4.74. The predicted molar refractivity (Wildman–Crippen MR) is 79.6 cm³/mol. The van der Waals surface area contributed by atoms with Gasteiger partial charge in [0.2, 0.25) is 0 Å². The maximum Gasteiger partial charge on any atom is 0.124 e. The van der Waals surface area contributed by atoms with Gasteiger partial charge in [-0.3, -0.25) is 0 Å². The minimum Gasteiger partial charge on any atom is -0.489 e. The highest BCUT2D eigenvalue weighted by atomic mass is 35.5. The van der Waals surface area contributed by atoms with Crippen molar-refractivity contribution < 1.29 is 4.74 Å². The maximum absolute atomic E-state index is 5.96. The summed E-state index contributed by atoms with van der Waals surface area (Å²) >= 11 is 5.96. The van der Waals surface area contributed by atoms with Crippen molar-refractivity contribution in [2.45, 2.75) is 20.1 Å². The maximum atomic E-state index is 5.96. The van der Waals surface area contributed by atoms with Crippen molar-refractivity contribution >= 4 is 11.6 Å². The van der Waals surface area contributed by atoms with Gasteiger partial charge in [-0.15, -0.1) is 0 Å². The number of nitrogens with one attached hydrogen (secondary N) is 1. The van der Waals surface area contributed by atoms with Crippen molar-refractivity contribution in [3.8, 4) is 5.75 Å². The van der Waals surface area contributed by atoms with Crippen LogP contribution in [0.5, 0.6) is 5.75 Å². The molecular formula is C16H18ClNO. The highest BCUT2D eigenvalue weighted by Gasteiger charge is 2.03. The zero-order valence-corrected chi connectivity index (χ0v) is 11.8. The number of hydrogen-bond acceptors (Lipinski definition) is 2. The average molecular weight is 276 g/mol. The van der Waals surface area contributed by atoms with Crippen molar-refractivity contribution in [3.05, 3.63) is 64.7 Å². The van der Waals surface area contributed by atoms with E-state index in [0.29, 0.717) is 6.61 Å². The summed E-state index contributed by atoms with van der Waals surface area (Å²) in [6.07, 6.45) is 0. The second kappa shape index (κ2) is 7.17. The molecule has 19 heavy (non-hydrogen) atoms. The molecule has 0 spiro atoms. The van der Waals surface area contributed by atoms with Gasteiger partial charge in [-0.2, -0.15) is 0 Å². The van der Waals surface area contributed by atoms with Crippen LogP contribution in [-0.4, -0.2) is 6.54 Å². The molecule has 2 aromatic rings. The SMILES string of the molecule is CCNCc1ccccc1OCc1cccc(Cl)c1. The van der Waals surface area contributed by atoms with Crippen molar-refractivity contribution in [2.75, 3.05) is 6.54 Å². The Balaban J connectivity index is 2.02. The third kappa shape index (κ3) is 4.27. The summed E-state index contributed by atoms with van der Waals surface area (Å²) in [6, 6.07) is 15.8. The van der Waals surface area contributed by atoms with Crippen molar-refractivity contribution in [1.29, 1.82) is 0 Å². The van der Waals surface area contributed by atoms with E-state index in [1.807, 2.05) is 42.5 Å². The van der Waals surface area contributed by atoms with Crippen LogP contribution in [0.4, 0.5) is 0 Å². The van der Waals surface area contributed by atoms with E-state index in [4.69, 9.17) is 16.3 Å². The first kappa shape index (κ1) is 13.9. The van der Waals surface area contributed by atoms with E-state index in [1.165, 1.54) is 5.56 Å². The molecule has 0 bridgehead atoms. The molecule has 0 amide bonds. The van der Waals surface area contributed by atoms with Gasteiger partial charge in [0.1, 0.15) is 12.4 Å². The van der Waals surface area contributed by atoms with E-state index in [0.717, 1.165) is 29.4 Å². The molecule has 0 unspecified atom stereocenters. The molecule has 0 saturated heterocycles. The highest BCUT2D eigenvalue weighted by molar-refractivity contribution is 6.30. The summed E-state index contributed by atoms with van der Waals surface area (Å²) in [4.78, 5) is 0. The van der Waals surface area contributed by atoms with Crippen LogP contribution in [0.3, 0.4) is 0 Å². The summed E-state index contributed by atoms with van der Waals surface area (Å²) in [7, 11) is 0. The van der Waals surface area contributed by atoms with Gasteiger partial charge in [-0.1, -0.05) is 48.9 Å². The Hall–Kier alpha value is -1.51. The molecule has 0 radical (unpaired) electrons. The third-order valence-corrected chi connectivity index (χ3v) is 3.06. The Morgan fingerprint density at radius 1 is 1.11 bits per heavy atom. The number of rotatable bonds is 6. The lowest BCUT2D eigenvalue weighted by atomic mass is 10.2. The van der Waals surface area contributed by atoms with E-state index in [1.54, 1.807) is 0 Å². The Bertz CT molecular complexity index is 528. The van der Waals surface area contributed by atoms with Crippen LogP contribution in [0, 0.1) is 0 Å². The van der Waals surface area contributed by atoms with Crippen LogP contribution < -0.4 is 10.1 Å². The Morgan fingerprint density at radius 3 is 2.74 bits per heavy atom. The van der Waals surface area contributed by atoms with Crippen LogP contribution in [0.25, 0.3) is 0 Å². The molecule has 2 rings (SSSR count). The van der Waals surface area contributed by atoms with E-state index >= 15 is 0 Å². The normalized spacial score (nSPS) is 10.4. The molecule has 2 nitrogen and oxygen atoms in total. The van der Waals surface area contributed by atoms with Gasteiger partial charge in [-0.25, -0.2) is 0 Å². The lowest BCUT2D eigenvalue weighted by Crippen LogP contribution is -2.12. The van der Waals surface area contributed by atoms with Gasteiger partial charge in [0, 0.05) is 17.1 Å². The molecule has 0 heterocycles. The first-order chi connectivity index (χ1) is 9.29. The van der Waals surface area contributed by atoms with Gasteiger partial charge >= 0.3 is 0 Å². The zero-order chi connectivity index (χ0) is 13.5. The number of halogens is 1. The zero-order valence-electron chi connectivity index (χ0n) is 11.0. The number of hydrogen-bond donors (Lipinski definition) is 1. The van der Waals surface area contributed by atoms with Crippen LogP contribution >= 0.6 is 11.6 Å². The molecule has 0 atom stereocenters. The van der Waals surface area contributed by atoms with E-state index in [9.17, 15) is 0 Å². The number of ether oxygens (including phenoxy) is 1. The fourth-order valence-electron chi connectivity index (χ4n) is 1.84. The minimum absolute atomic E-state index is 0.531. The van der Waals surface area contributed by atoms with E-state index in [2.05, 4.69) is 18.3 Å². The summed E-state index contributed by atoms with van der Waals surface area (Å²) in [5, 5.41) is 4.05.